The zero-order chi connectivity index (χ0) is 14.5. The number of rotatable bonds is 4. The van der Waals surface area contributed by atoms with E-state index in [2.05, 4.69) is 5.32 Å². The number of amides is 1. The maximum absolute atomic E-state index is 12.3. The summed E-state index contributed by atoms with van der Waals surface area (Å²) in [7, 11) is 1.83. The largest absolute Gasteiger partial charge is 0.508 e. The molecule has 0 saturated carbocycles. The Labute approximate surface area is 120 Å². The molecule has 0 aromatic heterocycles. The van der Waals surface area contributed by atoms with Crippen molar-refractivity contribution in [1.82, 2.24) is 10.2 Å². The van der Waals surface area contributed by atoms with Gasteiger partial charge >= 0.3 is 0 Å². The van der Waals surface area contributed by atoms with Crippen molar-refractivity contribution in [3.05, 3.63) is 29.3 Å². The van der Waals surface area contributed by atoms with Crippen molar-refractivity contribution in [2.45, 2.75) is 26.2 Å². The van der Waals surface area contributed by atoms with Crippen LogP contribution < -0.4 is 5.32 Å². The molecule has 1 saturated heterocycles. The molecule has 1 aliphatic rings. The lowest BCUT2D eigenvalue weighted by Crippen LogP contribution is -2.32. The molecule has 0 bridgehead atoms. The van der Waals surface area contributed by atoms with E-state index in [1.165, 1.54) is 12.8 Å². The zero-order valence-electron chi connectivity index (χ0n) is 12.4. The Morgan fingerprint density at radius 3 is 2.75 bits per heavy atom. The SMILES string of the molecule is Cc1ccc(C(=O)N(C)CCC2CCNCC2)cc1O. The lowest BCUT2D eigenvalue weighted by molar-refractivity contribution is 0.0784. The number of piperidine rings is 1. The summed E-state index contributed by atoms with van der Waals surface area (Å²) in [5.41, 5.74) is 1.35. The van der Waals surface area contributed by atoms with Crippen LogP contribution in [0, 0.1) is 12.8 Å². The molecule has 1 heterocycles. The molecule has 1 aliphatic heterocycles. The molecule has 1 fully saturated rings. The molecule has 2 N–H and O–H groups in total. The minimum Gasteiger partial charge on any atom is -0.508 e. The second kappa shape index (κ2) is 6.75. The van der Waals surface area contributed by atoms with Gasteiger partial charge in [-0.3, -0.25) is 4.79 Å². The van der Waals surface area contributed by atoms with Crippen LogP contribution in [0.15, 0.2) is 18.2 Å². The van der Waals surface area contributed by atoms with Crippen LogP contribution in [0.4, 0.5) is 0 Å². The topological polar surface area (TPSA) is 52.6 Å². The molecule has 20 heavy (non-hydrogen) atoms. The second-order valence-electron chi connectivity index (χ2n) is 5.71. The summed E-state index contributed by atoms with van der Waals surface area (Å²) in [6, 6.07) is 5.11. The van der Waals surface area contributed by atoms with E-state index >= 15 is 0 Å². The number of hydrogen-bond acceptors (Lipinski definition) is 3. The molecule has 1 aromatic carbocycles. The molecule has 4 nitrogen and oxygen atoms in total. The molecule has 0 aliphatic carbocycles. The molecule has 1 aromatic rings. The van der Waals surface area contributed by atoms with Crippen LogP contribution in [0.25, 0.3) is 0 Å². The Kier molecular flexibility index (Phi) is 5.01. The molecule has 2 rings (SSSR count). The highest BCUT2D eigenvalue weighted by atomic mass is 16.3. The van der Waals surface area contributed by atoms with Crippen molar-refractivity contribution in [2.75, 3.05) is 26.7 Å². The summed E-state index contributed by atoms with van der Waals surface area (Å²) in [6.07, 6.45) is 3.46. The van der Waals surface area contributed by atoms with Gasteiger partial charge in [0.25, 0.3) is 5.91 Å². The van der Waals surface area contributed by atoms with Crippen molar-refractivity contribution in [3.63, 3.8) is 0 Å². The third-order valence-electron chi connectivity index (χ3n) is 4.13. The predicted molar refractivity (Wildman–Crippen MR) is 80.0 cm³/mol. The fraction of sp³-hybridized carbons (Fsp3) is 0.562. The van der Waals surface area contributed by atoms with Crippen LogP contribution in [0.2, 0.25) is 0 Å². The lowest BCUT2D eigenvalue weighted by Gasteiger charge is -2.25. The molecule has 0 atom stereocenters. The first kappa shape index (κ1) is 14.9. The number of aryl methyl sites for hydroxylation is 1. The van der Waals surface area contributed by atoms with Gasteiger partial charge in [0, 0.05) is 19.2 Å². The van der Waals surface area contributed by atoms with E-state index in [0.29, 0.717) is 5.56 Å². The molecule has 1 amide bonds. The molecule has 110 valence electrons. The Morgan fingerprint density at radius 2 is 2.10 bits per heavy atom. The van der Waals surface area contributed by atoms with E-state index in [1.54, 1.807) is 23.1 Å². The average molecular weight is 276 g/mol. The van der Waals surface area contributed by atoms with E-state index < -0.39 is 0 Å². The first-order valence-electron chi connectivity index (χ1n) is 7.33. The van der Waals surface area contributed by atoms with Gasteiger partial charge in [-0.1, -0.05) is 6.07 Å². The maximum Gasteiger partial charge on any atom is 0.253 e. The number of phenolic OH excluding ortho intramolecular Hbond substituents is 1. The zero-order valence-corrected chi connectivity index (χ0v) is 12.4. The number of hydrogen-bond donors (Lipinski definition) is 2. The van der Waals surface area contributed by atoms with Gasteiger partial charge < -0.3 is 15.3 Å². The number of aromatic hydroxyl groups is 1. The van der Waals surface area contributed by atoms with E-state index in [1.807, 2.05) is 14.0 Å². The summed E-state index contributed by atoms with van der Waals surface area (Å²) >= 11 is 0. The monoisotopic (exact) mass is 276 g/mol. The van der Waals surface area contributed by atoms with Gasteiger partial charge in [0.05, 0.1) is 0 Å². The van der Waals surface area contributed by atoms with Gasteiger partial charge in [-0.2, -0.15) is 0 Å². The Bertz CT molecular complexity index is 468. The number of nitrogens with zero attached hydrogens (tertiary/aromatic N) is 1. The van der Waals surface area contributed by atoms with Gasteiger partial charge in [0.1, 0.15) is 5.75 Å². The Morgan fingerprint density at radius 1 is 1.40 bits per heavy atom. The van der Waals surface area contributed by atoms with Gasteiger partial charge in [-0.15, -0.1) is 0 Å². The smallest absolute Gasteiger partial charge is 0.253 e. The third kappa shape index (κ3) is 3.73. The second-order valence-corrected chi connectivity index (χ2v) is 5.71. The third-order valence-corrected chi connectivity index (χ3v) is 4.13. The van der Waals surface area contributed by atoms with Crippen LogP contribution in [0.1, 0.15) is 35.2 Å². The van der Waals surface area contributed by atoms with Crippen LogP contribution in [-0.4, -0.2) is 42.6 Å². The number of nitrogens with one attached hydrogen (secondary N) is 1. The maximum atomic E-state index is 12.3. The van der Waals surface area contributed by atoms with Crippen LogP contribution in [0.3, 0.4) is 0 Å². The van der Waals surface area contributed by atoms with E-state index in [4.69, 9.17) is 0 Å². The first-order valence-corrected chi connectivity index (χ1v) is 7.33. The number of carbonyl (C=O) groups is 1. The Balaban J connectivity index is 1.89. The summed E-state index contributed by atoms with van der Waals surface area (Å²) in [4.78, 5) is 14.0. The van der Waals surface area contributed by atoms with E-state index in [0.717, 1.165) is 37.5 Å². The minimum atomic E-state index is -0.0192. The normalized spacial score (nSPS) is 16.1. The number of carbonyl (C=O) groups excluding carboxylic acids is 1. The Hall–Kier alpha value is -1.55. The fourth-order valence-corrected chi connectivity index (χ4v) is 2.61. The molecular formula is C16H24N2O2. The van der Waals surface area contributed by atoms with Crippen LogP contribution >= 0.6 is 0 Å². The molecular weight excluding hydrogens is 252 g/mol. The molecule has 0 radical (unpaired) electrons. The summed E-state index contributed by atoms with van der Waals surface area (Å²) in [6.45, 7) is 4.78. The van der Waals surface area contributed by atoms with Crippen LogP contribution in [-0.2, 0) is 0 Å². The van der Waals surface area contributed by atoms with Gasteiger partial charge in [-0.25, -0.2) is 0 Å². The molecule has 0 unspecified atom stereocenters. The number of phenols is 1. The highest BCUT2D eigenvalue weighted by Gasteiger charge is 2.17. The first-order chi connectivity index (χ1) is 9.58. The van der Waals surface area contributed by atoms with Crippen molar-refractivity contribution in [1.29, 1.82) is 0 Å². The summed E-state index contributed by atoms with van der Waals surface area (Å²) in [5, 5.41) is 13.0. The summed E-state index contributed by atoms with van der Waals surface area (Å²) in [5.74, 6) is 0.884. The van der Waals surface area contributed by atoms with Crippen molar-refractivity contribution < 1.29 is 9.90 Å². The lowest BCUT2D eigenvalue weighted by atomic mass is 9.94. The van der Waals surface area contributed by atoms with Crippen molar-refractivity contribution >= 4 is 5.91 Å². The van der Waals surface area contributed by atoms with E-state index in [9.17, 15) is 9.90 Å². The standard InChI is InChI=1S/C16H24N2O2/c1-12-3-4-14(11-15(12)19)16(20)18(2)10-7-13-5-8-17-9-6-13/h3-4,11,13,17,19H,5-10H2,1-2H3. The van der Waals surface area contributed by atoms with Crippen molar-refractivity contribution in [3.8, 4) is 5.75 Å². The number of benzene rings is 1. The van der Waals surface area contributed by atoms with Gasteiger partial charge in [0.2, 0.25) is 0 Å². The van der Waals surface area contributed by atoms with Crippen molar-refractivity contribution in [2.24, 2.45) is 5.92 Å². The predicted octanol–water partition coefficient (Wildman–Crippen LogP) is 2.16. The highest BCUT2D eigenvalue weighted by Crippen LogP contribution is 2.20. The highest BCUT2D eigenvalue weighted by molar-refractivity contribution is 5.94. The summed E-state index contributed by atoms with van der Waals surface area (Å²) < 4.78 is 0. The van der Waals surface area contributed by atoms with Gasteiger partial charge in [-0.05, 0) is 62.9 Å². The molecule has 4 heteroatoms. The fourth-order valence-electron chi connectivity index (χ4n) is 2.61. The van der Waals surface area contributed by atoms with Crippen LogP contribution in [0.5, 0.6) is 5.75 Å². The molecule has 0 spiro atoms. The average Bonchev–Trinajstić information content (AvgIpc) is 2.48. The van der Waals surface area contributed by atoms with Gasteiger partial charge in [0.15, 0.2) is 0 Å². The van der Waals surface area contributed by atoms with E-state index in [-0.39, 0.29) is 11.7 Å². The quantitative estimate of drug-likeness (QED) is 0.886. The minimum absolute atomic E-state index is 0.0192.